The number of nitro groups is 1. The van der Waals surface area contributed by atoms with Crippen molar-refractivity contribution in [1.29, 1.82) is 0 Å². The summed E-state index contributed by atoms with van der Waals surface area (Å²) in [5.74, 6) is -2.09. The van der Waals surface area contributed by atoms with Crippen molar-refractivity contribution in [3.05, 3.63) is 75.5 Å². The molecule has 24 heavy (non-hydrogen) atoms. The standard InChI is InChI=1S/C16H9FN2O4S/c17-11-6-7-13(19(21)22)14(8-11)23-16(20)12-9-24-15(18-12)10-4-2-1-3-5-10/h1-9H. The summed E-state index contributed by atoms with van der Waals surface area (Å²) in [5.41, 5.74) is 0.332. The molecular weight excluding hydrogens is 335 g/mol. The van der Waals surface area contributed by atoms with Gasteiger partial charge in [-0.1, -0.05) is 30.3 Å². The van der Waals surface area contributed by atoms with Gasteiger partial charge in [0.1, 0.15) is 10.8 Å². The zero-order valence-corrected chi connectivity index (χ0v) is 12.8. The highest BCUT2D eigenvalue weighted by molar-refractivity contribution is 7.13. The second-order valence-electron chi connectivity index (χ2n) is 4.66. The van der Waals surface area contributed by atoms with Crippen molar-refractivity contribution in [2.75, 3.05) is 0 Å². The van der Waals surface area contributed by atoms with E-state index in [-0.39, 0.29) is 5.69 Å². The lowest BCUT2D eigenvalue weighted by molar-refractivity contribution is -0.385. The number of esters is 1. The lowest BCUT2D eigenvalue weighted by atomic mass is 10.2. The fourth-order valence-corrected chi connectivity index (χ4v) is 2.75. The van der Waals surface area contributed by atoms with Gasteiger partial charge in [0, 0.05) is 23.1 Å². The van der Waals surface area contributed by atoms with E-state index in [0.29, 0.717) is 5.01 Å². The number of thiazole rings is 1. The highest BCUT2D eigenvalue weighted by atomic mass is 32.1. The van der Waals surface area contributed by atoms with Crippen LogP contribution in [0.5, 0.6) is 5.75 Å². The Morgan fingerprint density at radius 3 is 2.67 bits per heavy atom. The van der Waals surface area contributed by atoms with Gasteiger partial charge in [-0.05, 0) is 6.07 Å². The van der Waals surface area contributed by atoms with E-state index in [1.807, 2.05) is 30.3 Å². The van der Waals surface area contributed by atoms with Gasteiger partial charge in [-0.3, -0.25) is 10.1 Å². The van der Waals surface area contributed by atoms with E-state index in [1.165, 1.54) is 16.7 Å². The van der Waals surface area contributed by atoms with Crippen molar-refractivity contribution >= 4 is 23.0 Å². The van der Waals surface area contributed by atoms with Gasteiger partial charge in [0.15, 0.2) is 5.69 Å². The highest BCUT2D eigenvalue weighted by Crippen LogP contribution is 2.29. The van der Waals surface area contributed by atoms with Crippen LogP contribution < -0.4 is 4.74 Å². The molecule has 0 atom stereocenters. The van der Waals surface area contributed by atoms with Crippen molar-refractivity contribution in [3.8, 4) is 16.3 Å². The quantitative estimate of drug-likeness (QED) is 0.308. The third-order valence-electron chi connectivity index (χ3n) is 3.06. The average Bonchev–Trinajstić information content (AvgIpc) is 3.05. The van der Waals surface area contributed by atoms with E-state index in [0.717, 1.165) is 23.8 Å². The smallest absolute Gasteiger partial charge is 0.363 e. The molecule has 3 rings (SSSR count). The van der Waals surface area contributed by atoms with E-state index in [4.69, 9.17) is 4.74 Å². The van der Waals surface area contributed by atoms with Crippen LogP contribution in [-0.2, 0) is 0 Å². The van der Waals surface area contributed by atoms with E-state index in [9.17, 15) is 19.3 Å². The molecule has 0 N–H and O–H groups in total. The van der Waals surface area contributed by atoms with Gasteiger partial charge >= 0.3 is 11.7 Å². The minimum atomic E-state index is -0.887. The van der Waals surface area contributed by atoms with Gasteiger partial charge < -0.3 is 4.74 Å². The Bertz CT molecular complexity index is 911. The van der Waals surface area contributed by atoms with Gasteiger partial charge in [-0.2, -0.15) is 0 Å². The van der Waals surface area contributed by atoms with Crippen LogP contribution in [0.15, 0.2) is 53.9 Å². The second kappa shape index (κ2) is 6.55. The van der Waals surface area contributed by atoms with Gasteiger partial charge in [0.05, 0.1) is 4.92 Å². The number of aromatic nitrogens is 1. The van der Waals surface area contributed by atoms with Gasteiger partial charge in [0.25, 0.3) is 0 Å². The number of rotatable bonds is 4. The number of ether oxygens (including phenoxy) is 1. The molecule has 1 heterocycles. The topological polar surface area (TPSA) is 82.3 Å². The molecule has 120 valence electrons. The van der Waals surface area contributed by atoms with Gasteiger partial charge in [-0.25, -0.2) is 14.2 Å². The number of carbonyl (C=O) groups excluding carboxylic acids is 1. The zero-order valence-electron chi connectivity index (χ0n) is 12.0. The maximum Gasteiger partial charge on any atom is 0.363 e. The van der Waals surface area contributed by atoms with Crippen LogP contribution >= 0.6 is 11.3 Å². The third kappa shape index (κ3) is 3.28. The first-order valence-corrected chi connectivity index (χ1v) is 7.59. The normalized spacial score (nSPS) is 10.4. The fourth-order valence-electron chi connectivity index (χ4n) is 1.95. The second-order valence-corrected chi connectivity index (χ2v) is 5.52. The molecule has 0 bridgehead atoms. The van der Waals surface area contributed by atoms with Crippen LogP contribution in [0.25, 0.3) is 10.6 Å². The summed E-state index contributed by atoms with van der Waals surface area (Å²) in [5, 5.41) is 13.0. The van der Waals surface area contributed by atoms with E-state index >= 15 is 0 Å². The predicted octanol–water partition coefficient (Wildman–Crippen LogP) is 4.08. The van der Waals surface area contributed by atoms with Crippen molar-refractivity contribution in [1.82, 2.24) is 4.98 Å². The molecule has 0 saturated carbocycles. The van der Waals surface area contributed by atoms with Crippen molar-refractivity contribution < 1.29 is 18.8 Å². The first-order valence-electron chi connectivity index (χ1n) is 6.71. The SMILES string of the molecule is O=C(Oc1cc(F)ccc1[N+](=O)[O-])c1csc(-c2ccccc2)n1. The van der Waals surface area contributed by atoms with Crippen LogP contribution in [0.4, 0.5) is 10.1 Å². The van der Waals surface area contributed by atoms with Crippen LogP contribution in [0.2, 0.25) is 0 Å². The predicted molar refractivity (Wildman–Crippen MR) is 85.6 cm³/mol. The minimum absolute atomic E-state index is 0.00240. The summed E-state index contributed by atoms with van der Waals surface area (Å²) < 4.78 is 18.2. The van der Waals surface area contributed by atoms with Crippen LogP contribution in [-0.4, -0.2) is 15.9 Å². The Kier molecular flexibility index (Phi) is 4.30. The van der Waals surface area contributed by atoms with E-state index in [1.54, 1.807) is 0 Å². The third-order valence-corrected chi connectivity index (χ3v) is 3.95. The highest BCUT2D eigenvalue weighted by Gasteiger charge is 2.21. The summed E-state index contributed by atoms with van der Waals surface area (Å²) in [4.78, 5) is 26.4. The molecule has 8 heteroatoms. The number of hydrogen-bond acceptors (Lipinski definition) is 6. The molecule has 0 amide bonds. The van der Waals surface area contributed by atoms with E-state index in [2.05, 4.69) is 4.98 Å². The number of nitro benzene ring substituents is 1. The Balaban J connectivity index is 1.85. The molecular formula is C16H9FN2O4S. The molecule has 6 nitrogen and oxygen atoms in total. The Morgan fingerprint density at radius 1 is 1.21 bits per heavy atom. The van der Waals surface area contributed by atoms with Gasteiger partial charge in [-0.15, -0.1) is 11.3 Å². The number of benzene rings is 2. The molecule has 0 aliphatic heterocycles. The molecule has 0 aliphatic rings. The Labute approximate surface area is 139 Å². The molecule has 3 aromatic rings. The van der Waals surface area contributed by atoms with Crippen molar-refractivity contribution in [3.63, 3.8) is 0 Å². The number of nitrogens with zero attached hydrogens (tertiary/aromatic N) is 2. The molecule has 1 aromatic heterocycles. The maximum atomic E-state index is 13.3. The Morgan fingerprint density at radius 2 is 1.96 bits per heavy atom. The summed E-state index contributed by atoms with van der Waals surface area (Å²) >= 11 is 1.24. The van der Waals surface area contributed by atoms with Gasteiger partial charge in [0.2, 0.25) is 5.75 Å². The van der Waals surface area contributed by atoms with E-state index < -0.39 is 28.1 Å². The molecule has 0 radical (unpaired) electrons. The molecule has 0 aliphatic carbocycles. The molecule has 0 unspecified atom stereocenters. The zero-order chi connectivity index (χ0) is 17.1. The molecule has 2 aromatic carbocycles. The summed E-state index contributed by atoms with van der Waals surface area (Å²) in [7, 11) is 0. The Hall–Kier alpha value is -3.13. The number of halogens is 1. The summed E-state index contributed by atoms with van der Waals surface area (Å²) in [6.07, 6.45) is 0. The molecule has 0 fully saturated rings. The van der Waals surface area contributed by atoms with Crippen molar-refractivity contribution in [2.45, 2.75) is 0 Å². The lowest BCUT2D eigenvalue weighted by Crippen LogP contribution is -2.10. The number of hydrogen-bond donors (Lipinski definition) is 0. The number of carbonyl (C=O) groups is 1. The molecule has 0 spiro atoms. The lowest BCUT2D eigenvalue weighted by Gasteiger charge is -2.03. The largest absolute Gasteiger partial charge is 0.414 e. The fraction of sp³-hybridized carbons (Fsp3) is 0. The summed E-state index contributed by atoms with van der Waals surface area (Å²) in [6, 6.07) is 11.9. The minimum Gasteiger partial charge on any atom is -0.414 e. The first kappa shape index (κ1) is 15.8. The van der Waals surface area contributed by atoms with Crippen LogP contribution in [0.1, 0.15) is 10.5 Å². The molecule has 0 saturated heterocycles. The monoisotopic (exact) mass is 344 g/mol. The first-order chi connectivity index (χ1) is 11.5. The van der Waals surface area contributed by atoms with Crippen LogP contribution in [0.3, 0.4) is 0 Å². The maximum absolute atomic E-state index is 13.3. The van der Waals surface area contributed by atoms with Crippen molar-refractivity contribution in [2.24, 2.45) is 0 Å². The summed E-state index contributed by atoms with van der Waals surface area (Å²) in [6.45, 7) is 0. The average molecular weight is 344 g/mol. The van der Waals surface area contributed by atoms with Crippen LogP contribution in [0, 0.1) is 15.9 Å².